The predicted octanol–water partition coefficient (Wildman–Crippen LogP) is 0.364. The standard InChI is InChI=1S/C16H19F2N3O6S/c1-19-16(24)20-14(22)9-27-15(23)10-4-6-21(7-5-10)28(25,26)11-2-3-12(17)13(18)8-11/h2-3,8,10H,4-7,9H2,1H3,(H2,19,20,22,24). The molecule has 3 amide bonds. The van der Waals surface area contributed by atoms with Crippen LogP contribution in [-0.4, -0.2) is 57.4 Å². The molecule has 1 fully saturated rings. The van der Waals surface area contributed by atoms with Gasteiger partial charge in [0.25, 0.3) is 5.91 Å². The van der Waals surface area contributed by atoms with Crippen molar-refractivity contribution < 1.29 is 36.3 Å². The van der Waals surface area contributed by atoms with Crippen LogP contribution in [0.5, 0.6) is 0 Å². The summed E-state index contributed by atoms with van der Waals surface area (Å²) in [6.45, 7) is -0.684. The Morgan fingerprint density at radius 3 is 2.39 bits per heavy atom. The first-order valence-electron chi connectivity index (χ1n) is 8.28. The molecule has 0 saturated carbocycles. The van der Waals surface area contributed by atoms with E-state index in [1.807, 2.05) is 5.32 Å². The molecular weight excluding hydrogens is 400 g/mol. The molecule has 1 aliphatic heterocycles. The van der Waals surface area contributed by atoms with Gasteiger partial charge in [-0.05, 0) is 31.0 Å². The molecule has 28 heavy (non-hydrogen) atoms. The number of urea groups is 1. The van der Waals surface area contributed by atoms with Crippen molar-refractivity contribution in [3.05, 3.63) is 29.8 Å². The Balaban J connectivity index is 1.89. The number of ether oxygens (including phenoxy) is 1. The fourth-order valence-corrected chi connectivity index (χ4v) is 4.08. The van der Waals surface area contributed by atoms with Gasteiger partial charge in [-0.2, -0.15) is 4.31 Å². The molecule has 0 spiro atoms. The highest BCUT2D eigenvalue weighted by Gasteiger charge is 2.33. The third-order valence-corrected chi connectivity index (χ3v) is 6.04. The van der Waals surface area contributed by atoms with Gasteiger partial charge in [0.1, 0.15) is 0 Å². The summed E-state index contributed by atoms with van der Waals surface area (Å²) in [6.07, 6.45) is 0.275. The van der Waals surface area contributed by atoms with Crippen molar-refractivity contribution in [2.45, 2.75) is 17.7 Å². The SMILES string of the molecule is CNC(=O)NC(=O)COC(=O)C1CCN(S(=O)(=O)c2ccc(F)c(F)c2)CC1. The number of esters is 1. The van der Waals surface area contributed by atoms with E-state index in [-0.39, 0.29) is 30.8 Å². The van der Waals surface area contributed by atoms with E-state index >= 15 is 0 Å². The number of piperidine rings is 1. The van der Waals surface area contributed by atoms with Crippen LogP contribution in [0.1, 0.15) is 12.8 Å². The summed E-state index contributed by atoms with van der Waals surface area (Å²) in [5.74, 6) is -4.53. The summed E-state index contributed by atoms with van der Waals surface area (Å²) in [5.41, 5.74) is 0. The Labute approximate surface area is 160 Å². The first-order valence-corrected chi connectivity index (χ1v) is 9.72. The molecular formula is C16H19F2N3O6S. The van der Waals surface area contributed by atoms with E-state index in [1.54, 1.807) is 0 Å². The highest BCUT2D eigenvalue weighted by atomic mass is 32.2. The van der Waals surface area contributed by atoms with Gasteiger partial charge >= 0.3 is 12.0 Å². The van der Waals surface area contributed by atoms with Gasteiger partial charge in [0.05, 0.1) is 10.8 Å². The van der Waals surface area contributed by atoms with E-state index in [9.17, 15) is 31.6 Å². The monoisotopic (exact) mass is 419 g/mol. The average molecular weight is 419 g/mol. The number of benzene rings is 1. The van der Waals surface area contributed by atoms with Gasteiger partial charge in [0, 0.05) is 20.1 Å². The zero-order valence-corrected chi connectivity index (χ0v) is 15.7. The van der Waals surface area contributed by atoms with E-state index in [0.29, 0.717) is 6.07 Å². The first kappa shape index (κ1) is 21.7. The summed E-state index contributed by atoms with van der Waals surface area (Å²) in [6, 6.07) is 1.57. The van der Waals surface area contributed by atoms with Gasteiger partial charge in [-0.1, -0.05) is 0 Å². The number of sulfonamides is 1. The molecule has 1 aromatic carbocycles. The van der Waals surface area contributed by atoms with Crippen molar-refractivity contribution >= 4 is 27.9 Å². The van der Waals surface area contributed by atoms with Crippen LogP contribution in [0.15, 0.2) is 23.1 Å². The van der Waals surface area contributed by atoms with Crippen LogP contribution < -0.4 is 10.6 Å². The average Bonchev–Trinajstić information content (AvgIpc) is 2.68. The maximum absolute atomic E-state index is 13.3. The van der Waals surface area contributed by atoms with E-state index < -0.39 is 52.1 Å². The Bertz CT molecular complexity index is 869. The van der Waals surface area contributed by atoms with Gasteiger partial charge in [-0.15, -0.1) is 0 Å². The smallest absolute Gasteiger partial charge is 0.321 e. The second-order valence-corrected chi connectivity index (χ2v) is 7.93. The number of rotatable bonds is 5. The number of carbonyl (C=O) groups excluding carboxylic acids is 3. The van der Waals surface area contributed by atoms with Crippen LogP contribution in [-0.2, 0) is 24.3 Å². The van der Waals surface area contributed by atoms with Crippen molar-refractivity contribution in [1.29, 1.82) is 0 Å². The molecule has 0 aromatic heterocycles. The molecule has 1 aliphatic rings. The van der Waals surface area contributed by atoms with Gasteiger partial charge in [0.15, 0.2) is 18.2 Å². The molecule has 0 aliphatic carbocycles. The minimum absolute atomic E-state index is 0.0223. The van der Waals surface area contributed by atoms with Gasteiger partial charge in [-0.3, -0.25) is 14.9 Å². The molecule has 0 radical (unpaired) electrons. The summed E-state index contributed by atoms with van der Waals surface area (Å²) < 4.78 is 57.2. The fraction of sp³-hybridized carbons (Fsp3) is 0.438. The quantitative estimate of drug-likeness (QED) is 0.665. The lowest BCUT2D eigenvalue weighted by molar-refractivity contribution is -0.153. The van der Waals surface area contributed by atoms with Crippen molar-refractivity contribution in [3.8, 4) is 0 Å². The lowest BCUT2D eigenvalue weighted by Gasteiger charge is -2.30. The Hall–Kier alpha value is -2.60. The van der Waals surface area contributed by atoms with Crippen molar-refractivity contribution in [1.82, 2.24) is 14.9 Å². The molecule has 0 atom stereocenters. The predicted molar refractivity (Wildman–Crippen MR) is 91.4 cm³/mol. The molecule has 1 heterocycles. The fourth-order valence-electron chi connectivity index (χ4n) is 2.60. The molecule has 9 nitrogen and oxygen atoms in total. The van der Waals surface area contributed by atoms with E-state index in [4.69, 9.17) is 4.74 Å². The first-order chi connectivity index (χ1) is 13.1. The summed E-state index contributed by atoms with van der Waals surface area (Å²) in [5, 5.41) is 4.10. The summed E-state index contributed by atoms with van der Waals surface area (Å²) in [7, 11) is -2.71. The Morgan fingerprint density at radius 2 is 1.82 bits per heavy atom. The maximum atomic E-state index is 13.3. The van der Waals surface area contributed by atoms with E-state index in [0.717, 1.165) is 16.4 Å². The zero-order chi connectivity index (χ0) is 20.9. The molecule has 12 heteroatoms. The van der Waals surface area contributed by atoms with Crippen LogP contribution >= 0.6 is 0 Å². The second kappa shape index (κ2) is 9.06. The third-order valence-electron chi connectivity index (χ3n) is 4.14. The Kier molecular flexibility index (Phi) is 7.02. The minimum Gasteiger partial charge on any atom is -0.455 e. The minimum atomic E-state index is -4.03. The highest BCUT2D eigenvalue weighted by Crippen LogP contribution is 2.25. The Morgan fingerprint density at radius 1 is 1.18 bits per heavy atom. The number of carbonyl (C=O) groups is 3. The molecule has 154 valence electrons. The largest absolute Gasteiger partial charge is 0.455 e. The topological polar surface area (TPSA) is 122 Å². The van der Waals surface area contributed by atoms with Crippen LogP contribution in [0.3, 0.4) is 0 Å². The number of imide groups is 1. The van der Waals surface area contributed by atoms with Gasteiger partial charge in [-0.25, -0.2) is 22.0 Å². The number of nitrogens with one attached hydrogen (secondary N) is 2. The van der Waals surface area contributed by atoms with Crippen molar-refractivity contribution in [2.75, 3.05) is 26.7 Å². The van der Waals surface area contributed by atoms with Crippen LogP contribution in [0.25, 0.3) is 0 Å². The molecule has 2 N–H and O–H groups in total. The molecule has 2 rings (SSSR count). The lowest BCUT2D eigenvalue weighted by Crippen LogP contribution is -2.42. The molecule has 1 aromatic rings. The number of halogens is 2. The zero-order valence-electron chi connectivity index (χ0n) is 14.9. The summed E-state index contributed by atoms with van der Waals surface area (Å²) in [4.78, 5) is 34.0. The lowest BCUT2D eigenvalue weighted by atomic mass is 9.98. The molecule has 0 bridgehead atoms. The van der Waals surface area contributed by atoms with Gasteiger partial charge < -0.3 is 10.1 Å². The van der Waals surface area contributed by atoms with Crippen molar-refractivity contribution in [2.24, 2.45) is 5.92 Å². The molecule has 0 unspecified atom stereocenters. The summed E-state index contributed by atoms with van der Waals surface area (Å²) >= 11 is 0. The number of hydrogen-bond acceptors (Lipinski definition) is 6. The van der Waals surface area contributed by atoms with Gasteiger partial charge in [0.2, 0.25) is 10.0 Å². The van der Waals surface area contributed by atoms with E-state index in [2.05, 4.69) is 5.32 Å². The number of amides is 3. The second-order valence-electron chi connectivity index (χ2n) is 5.99. The van der Waals surface area contributed by atoms with Crippen LogP contribution in [0, 0.1) is 17.6 Å². The third kappa shape index (κ3) is 5.23. The number of hydrogen-bond donors (Lipinski definition) is 2. The van der Waals surface area contributed by atoms with Crippen LogP contribution in [0.4, 0.5) is 13.6 Å². The van der Waals surface area contributed by atoms with Crippen LogP contribution in [0.2, 0.25) is 0 Å². The molecule has 1 saturated heterocycles. The van der Waals surface area contributed by atoms with E-state index in [1.165, 1.54) is 7.05 Å². The normalized spacial score (nSPS) is 15.7. The number of nitrogens with zero attached hydrogens (tertiary/aromatic N) is 1. The maximum Gasteiger partial charge on any atom is 0.321 e. The van der Waals surface area contributed by atoms with Crippen molar-refractivity contribution in [3.63, 3.8) is 0 Å². The highest BCUT2D eigenvalue weighted by molar-refractivity contribution is 7.89.